The number of ether oxygens (including phenoxy) is 1. The fourth-order valence-corrected chi connectivity index (χ4v) is 7.56. The monoisotopic (exact) mass is 549 g/mol. The molecule has 2 bridgehead atoms. The van der Waals surface area contributed by atoms with Crippen LogP contribution < -0.4 is 5.32 Å². The lowest BCUT2D eigenvalue weighted by Gasteiger charge is -2.41. The van der Waals surface area contributed by atoms with Gasteiger partial charge >= 0.3 is 0 Å². The molecule has 0 aromatic carbocycles. The van der Waals surface area contributed by atoms with Crippen molar-refractivity contribution in [2.45, 2.75) is 114 Å². The lowest BCUT2D eigenvalue weighted by atomic mass is 9.86. The SMILES string of the molecule is COCc1nnc(C(C)C)n1C1C[C@H]2CC[C@@H](C1)N2CC[C@H](NC(=O)C1CCC(F)(F)CC1)c1ccsc1. The molecule has 1 saturated carbocycles. The van der Waals surface area contributed by atoms with Crippen LogP contribution in [0.2, 0.25) is 0 Å². The Morgan fingerprint density at radius 1 is 1.16 bits per heavy atom. The first-order chi connectivity index (χ1) is 18.3. The van der Waals surface area contributed by atoms with Crippen LogP contribution in [0.25, 0.3) is 0 Å². The standard InChI is InChI=1S/C28H41F2N5O2S/c1-18(2)26-33-32-25(16-37-3)35(26)23-14-21-4-5-22(15-23)34(21)12-8-24(20-9-13-38-17-20)31-27(36)19-6-10-28(29,30)11-7-19/h9,13,17-19,21-24H,4-8,10-12,14-16H2,1-3H3,(H,31,36)/t21-,22+,23?,24-/m0/s1. The molecule has 1 N–H and O–H groups in total. The Labute approximate surface area is 228 Å². The van der Waals surface area contributed by atoms with Gasteiger partial charge in [0.05, 0.1) is 6.04 Å². The van der Waals surface area contributed by atoms with Crippen LogP contribution in [-0.2, 0) is 16.1 Å². The molecule has 1 aliphatic carbocycles. The van der Waals surface area contributed by atoms with Gasteiger partial charge in [-0.25, -0.2) is 8.78 Å². The van der Waals surface area contributed by atoms with Crippen LogP contribution in [0.4, 0.5) is 8.78 Å². The number of alkyl halides is 2. The minimum Gasteiger partial charge on any atom is -0.377 e. The van der Waals surface area contributed by atoms with Gasteiger partial charge in [-0.2, -0.15) is 11.3 Å². The van der Waals surface area contributed by atoms with Crippen LogP contribution in [0.1, 0.15) is 107 Å². The Morgan fingerprint density at radius 3 is 2.47 bits per heavy atom. The Balaban J connectivity index is 1.23. The van der Waals surface area contributed by atoms with Gasteiger partial charge in [0.25, 0.3) is 0 Å². The smallest absolute Gasteiger partial charge is 0.248 e. The number of methoxy groups -OCH3 is 1. The number of amides is 1. The lowest BCUT2D eigenvalue weighted by molar-refractivity contribution is -0.130. The first-order valence-electron chi connectivity index (χ1n) is 14.1. The largest absolute Gasteiger partial charge is 0.377 e. The van der Waals surface area contributed by atoms with E-state index in [9.17, 15) is 13.6 Å². The van der Waals surface area contributed by atoms with Crippen molar-refractivity contribution < 1.29 is 18.3 Å². The molecule has 7 nitrogen and oxygen atoms in total. The summed E-state index contributed by atoms with van der Waals surface area (Å²) >= 11 is 1.62. The molecule has 4 atom stereocenters. The Bertz CT molecular complexity index is 1050. The molecule has 2 aromatic heterocycles. The highest BCUT2D eigenvalue weighted by molar-refractivity contribution is 7.08. The summed E-state index contributed by atoms with van der Waals surface area (Å²) in [7, 11) is 1.70. The maximum Gasteiger partial charge on any atom is 0.248 e. The van der Waals surface area contributed by atoms with E-state index in [2.05, 4.69) is 50.3 Å². The quantitative estimate of drug-likeness (QED) is 0.403. The number of hydrogen-bond donors (Lipinski definition) is 1. The van der Waals surface area contributed by atoms with Crippen molar-refractivity contribution in [1.82, 2.24) is 25.0 Å². The summed E-state index contributed by atoms with van der Waals surface area (Å²) in [5.41, 5.74) is 1.11. The van der Waals surface area contributed by atoms with Crippen LogP contribution in [-0.4, -0.2) is 57.2 Å². The Kier molecular flexibility index (Phi) is 8.50. The number of rotatable bonds is 10. The minimum absolute atomic E-state index is 0.0714. The molecule has 38 heavy (non-hydrogen) atoms. The van der Waals surface area contributed by atoms with E-state index in [0.717, 1.165) is 43.0 Å². The maximum atomic E-state index is 13.6. The van der Waals surface area contributed by atoms with Crippen molar-refractivity contribution in [2.75, 3.05) is 13.7 Å². The molecule has 1 unspecified atom stereocenters. The van der Waals surface area contributed by atoms with Gasteiger partial charge < -0.3 is 14.6 Å². The number of carbonyl (C=O) groups excluding carboxylic acids is 1. The number of hydrogen-bond acceptors (Lipinski definition) is 6. The zero-order valence-electron chi connectivity index (χ0n) is 22.7. The molecule has 0 spiro atoms. The van der Waals surface area contributed by atoms with Crippen molar-refractivity contribution in [2.24, 2.45) is 5.92 Å². The van der Waals surface area contributed by atoms with Crippen molar-refractivity contribution >= 4 is 17.2 Å². The number of aromatic nitrogens is 3. The zero-order valence-corrected chi connectivity index (χ0v) is 23.6. The van der Waals surface area contributed by atoms with E-state index in [1.165, 1.54) is 12.8 Å². The molecule has 0 radical (unpaired) electrons. The molecule has 3 fully saturated rings. The van der Waals surface area contributed by atoms with Crippen molar-refractivity contribution in [3.8, 4) is 0 Å². The van der Waals surface area contributed by atoms with Gasteiger partial charge in [-0.1, -0.05) is 13.8 Å². The van der Waals surface area contributed by atoms with E-state index < -0.39 is 5.92 Å². The molecule has 2 aliphatic heterocycles. The van der Waals surface area contributed by atoms with Gasteiger partial charge in [-0.15, -0.1) is 10.2 Å². The highest BCUT2D eigenvalue weighted by atomic mass is 32.1. The number of nitrogens with zero attached hydrogens (tertiary/aromatic N) is 4. The Hall–Kier alpha value is -1.91. The Morgan fingerprint density at radius 2 is 1.87 bits per heavy atom. The summed E-state index contributed by atoms with van der Waals surface area (Å²) in [4.78, 5) is 15.7. The van der Waals surface area contributed by atoms with Gasteiger partial charge in [0.1, 0.15) is 12.4 Å². The number of carbonyl (C=O) groups is 1. The molecular formula is C28H41F2N5O2S. The van der Waals surface area contributed by atoms with Crippen LogP contribution >= 0.6 is 11.3 Å². The van der Waals surface area contributed by atoms with E-state index in [1.54, 1.807) is 18.4 Å². The van der Waals surface area contributed by atoms with Crippen molar-refractivity contribution in [1.29, 1.82) is 0 Å². The van der Waals surface area contributed by atoms with E-state index in [1.807, 2.05) is 5.38 Å². The zero-order chi connectivity index (χ0) is 26.9. The summed E-state index contributed by atoms with van der Waals surface area (Å²) in [6.45, 7) is 5.71. The van der Waals surface area contributed by atoms with Crippen molar-refractivity contribution in [3.05, 3.63) is 34.0 Å². The molecule has 3 aliphatic rings. The van der Waals surface area contributed by atoms with Gasteiger partial charge in [0.15, 0.2) is 5.82 Å². The number of fused-ring (bicyclic) bond motifs is 2. The molecule has 210 valence electrons. The first kappa shape index (κ1) is 27.6. The highest BCUT2D eigenvalue weighted by Gasteiger charge is 2.43. The normalized spacial score (nSPS) is 26.6. The second-order valence-electron chi connectivity index (χ2n) is 11.7. The molecule has 4 heterocycles. The van der Waals surface area contributed by atoms with Gasteiger partial charge in [0, 0.05) is 56.5 Å². The molecule has 2 aromatic rings. The fourth-order valence-electron chi connectivity index (χ4n) is 6.84. The molecule has 2 saturated heterocycles. The summed E-state index contributed by atoms with van der Waals surface area (Å²) < 4.78 is 35.0. The predicted octanol–water partition coefficient (Wildman–Crippen LogP) is 5.85. The van der Waals surface area contributed by atoms with Crippen LogP contribution in [0.15, 0.2) is 16.8 Å². The fraction of sp³-hybridized carbons (Fsp3) is 0.750. The van der Waals surface area contributed by atoms with Gasteiger partial charge in [0.2, 0.25) is 11.8 Å². The third kappa shape index (κ3) is 5.97. The molecule has 1 amide bonds. The molecular weight excluding hydrogens is 508 g/mol. The van der Waals surface area contributed by atoms with E-state index in [0.29, 0.717) is 30.7 Å². The average Bonchev–Trinajstić information content (AvgIpc) is 3.60. The number of halogens is 2. The molecule has 10 heteroatoms. The minimum atomic E-state index is -2.62. The number of thiophene rings is 1. The number of piperidine rings is 1. The maximum absolute atomic E-state index is 13.6. The van der Waals surface area contributed by atoms with E-state index in [4.69, 9.17) is 4.74 Å². The van der Waals surface area contributed by atoms with Crippen LogP contribution in [0.5, 0.6) is 0 Å². The number of nitrogens with one attached hydrogen (secondary N) is 1. The lowest BCUT2D eigenvalue weighted by Crippen LogP contribution is -2.45. The van der Waals surface area contributed by atoms with Gasteiger partial charge in [-0.05, 0) is 67.3 Å². The first-order valence-corrected chi connectivity index (χ1v) is 15.1. The third-order valence-corrected chi connectivity index (χ3v) is 9.53. The van der Waals surface area contributed by atoms with E-state index >= 15 is 0 Å². The summed E-state index contributed by atoms with van der Waals surface area (Å²) in [5.74, 6) is -0.762. The summed E-state index contributed by atoms with van der Waals surface area (Å²) in [6, 6.07) is 3.35. The van der Waals surface area contributed by atoms with Gasteiger partial charge in [-0.3, -0.25) is 9.69 Å². The second kappa shape index (κ2) is 11.7. The third-order valence-electron chi connectivity index (χ3n) is 8.83. The highest BCUT2D eigenvalue weighted by Crippen LogP contribution is 2.43. The average molecular weight is 550 g/mol. The topological polar surface area (TPSA) is 72.3 Å². The second-order valence-corrected chi connectivity index (χ2v) is 12.5. The summed E-state index contributed by atoms with van der Waals surface area (Å²) in [5, 5.41) is 16.3. The van der Waals surface area contributed by atoms with Crippen LogP contribution in [0.3, 0.4) is 0 Å². The van der Waals surface area contributed by atoms with Crippen LogP contribution in [0, 0.1) is 5.92 Å². The predicted molar refractivity (Wildman–Crippen MR) is 143 cm³/mol. The van der Waals surface area contributed by atoms with Crippen molar-refractivity contribution in [3.63, 3.8) is 0 Å². The molecule has 5 rings (SSSR count). The van der Waals surface area contributed by atoms with E-state index in [-0.39, 0.29) is 43.6 Å². The summed E-state index contributed by atoms with van der Waals surface area (Å²) in [6.07, 6.45) is 5.47.